The Morgan fingerprint density at radius 3 is 3.00 bits per heavy atom. The number of rotatable bonds is 3. The molecule has 0 N–H and O–H groups in total. The molecule has 17 heavy (non-hydrogen) atoms. The van der Waals surface area contributed by atoms with Crippen LogP contribution in [0.4, 0.5) is 0 Å². The molecule has 0 aliphatic carbocycles. The topological polar surface area (TPSA) is 39.2 Å². The smallest absolute Gasteiger partial charge is 0.311 e. The molecule has 88 valence electrons. The predicted molar refractivity (Wildman–Crippen MR) is 68.0 cm³/mol. The largest absolute Gasteiger partial charge is 0.469 e. The maximum Gasteiger partial charge on any atom is 0.311 e. The molecular formula is C13H13NO2S. The SMILES string of the molecule is COC(=O)Cc1csc(-c2cccc(C)c2)n1. The molecule has 0 atom stereocenters. The molecule has 4 heteroatoms. The standard InChI is InChI=1S/C13H13NO2S/c1-9-4-3-5-10(6-9)13-14-11(8-17-13)7-12(15)16-2/h3-6,8H,7H2,1-2H3. The molecule has 0 bridgehead atoms. The second-order valence-electron chi connectivity index (χ2n) is 3.77. The summed E-state index contributed by atoms with van der Waals surface area (Å²) < 4.78 is 4.61. The fraction of sp³-hybridized carbons (Fsp3) is 0.231. The number of esters is 1. The zero-order chi connectivity index (χ0) is 12.3. The van der Waals surface area contributed by atoms with E-state index in [2.05, 4.69) is 15.8 Å². The van der Waals surface area contributed by atoms with E-state index in [0.717, 1.165) is 16.3 Å². The van der Waals surface area contributed by atoms with Gasteiger partial charge in [0.1, 0.15) is 5.01 Å². The maximum atomic E-state index is 11.1. The van der Waals surface area contributed by atoms with Gasteiger partial charge in [-0.1, -0.05) is 23.8 Å². The Morgan fingerprint density at radius 2 is 2.29 bits per heavy atom. The van der Waals surface area contributed by atoms with Crippen LogP contribution in [0, 0.1) is 6.92 Å². The van der Waals surface area contributed by atoms with E-state index in [4.69, 9.17) is 0 Å². The summed E-state index contributed by atoms with van der Waals surface area (Å²) in [6.45, 7) is 2.05. The summed E-state index contributed by atoms with van der Waals surface area (Å²) >= 11 is 1.54. The number of methoxy groups -OCH3 is 1. The van der Waals surface area contributed by atoms with Gasteiger partial charge in [0.2, 0.25) is 0 Å². The van der Waals surface area contributed by atoms with Gasteiger partial charge in [-0.25, -0.2) is 4.98 Å². The number of aromatic nitrogens is 1. The van der Waals surface area contributed by atoms with Crippen LogP contribution in [0.2, 0.25) is 0 Å². The van der Waals surface area contributed by atoms with Crippen molar-refractivity contribution >= 4 is 17.3 Å². The molecule has 0 aliphatic heterocycles. The van der Waals surface area contributed by atoms with E-state index in [1.807, 2.05) is 30.5 Å². The normalized spacial score (nSPS) is 10.2. The molecule has 2 rings (SSSR count). The van der Waals surface area contributed by atoms with Gasteiger partial charge in [0, 0.05) is 10.9 Å². The van der Waals surface area contributed by atoms with Crippen molar-refractivity contribution in [3.05, 3.63) is 40.9 Å². The van der Waals surface area contributed by atoms with Crippen LogP contribution in [-0.4, -0.2) is 18.1 Å². The van der Waals surface area contributed by atoms with Crippen LogP contribution in [0.15, 0.2) is 29.6 Å². The van der Waals surface area contributed by atoms with Crippen LogP contribution in [0.3, 0.4) is 0 Å². The number of aryl methyl sites for hydroxylation is 1. The highest BCUT2D eigenvalue weighted by molar-refractivity contribution is 7.13. The molecule has 2 aromatic rings. The van der Waals surface area contributed by atoms with Gasteiger partial charge in [-0.15, -0.1) is 11.3 Å². The van der Waals surface area contributed by atoms with Gasteiger partial charge in [-0.3, -0.25) is 4.79 Å². The van der Waals surface area contributed by atoms with Crippen LogP contribution in [0.5, 0.6) is 0 Å². The van der Waals surface area contributed by atoms with Crippen molar-refractivity contribution in [2.45, 2.75) is 13.3 Å². The first kappa shape index (κ1) is 11.8. The third-order valence-corrected chi connectivity index (χ3v) is 3.31. The number of hydrogen-bond donors (Lipinski definition) is 0. The monoisotopic (exact) mass is 247 g/mol. The molecule has 0 radical (unpaired) electrons. The van der Waals surface area contributed by atoms with Gasteiger partial charge < -0.3 is 4.74 Å². The number of nitrogens with zero attached hydrogens (tertiary/aromatic N) is 1. The summed E-state index contributed by atoms with van der Waals surface area (Å²) in [4.78, 5) is 15.6. The Bertz CT molecular complexity index is 534. The van der Waals surface area contributed by atoms with Crippen LogP contribution < -0.4 is 0 Å². The molecule has 0 spiro atoms. The van der Waals surface area contributed by atoms with Gasteiger partial charge in [-0.2, -0.15) is 0 Å². The van der Waals surface area contributed by atoms with Crippen LogP contribution in [0.1, 0.15) is 11.3 Å². The molecule has 1 aromatic carbocycles. The van der Waals surface area contributed by atoms with E-state index < -0.39 is 0 Å². The first-order chi connectivity index (χ1) is 8.19. The molecule has 0 saturated heterocycles. The van der Waals surface area contributed by atoms with Gasteiger partial charge >= 0.3 is 5.97 Å². The van der Waals surface area contributed by atoms with Crippen molar-refractivity contribution in [2.75, 3.05) is 7.11 Å². The Labute approximate surface area is 104 Å². The van der Waals surface area contributed by atoms with Crippen molar-refractivity contribution in [1.82, 2.24) is 4.98 Å². The average molecular weight is 247 g/mol. The van der Waals surface area contributed by atoms with Crippen molar-refractivity contribution < 1.29 is 9.53 Å². The molecule has 1 heterocycles. The van der Waals surface area contributed by atoms with E-state index in [1.165, 1.54) is 12.7 Å². The number of benzene rings is 1. The predicted octanol–water partition coefficient (Wildman–Crippen LogP) is 2.83. The lowest BCUT2D eigenvalue weighted by atomic mass is 10.1. The third kappa shape index (κ3) is 2.91. The first-order valence-electron chi connectivity index (χ1n) is 5.27. The third-order valence-electron chi connectivity index (χ3n) is 2.37. The van der Waals surface area contributed by atoms with Gasteiger partial charge in [-0.05, 0) is 13.0 Å². The first-order valence-corrected chi connectivity index (χ1v) is 6.15. The second kappa shape index (κ2) is 5.10. The summed E-state index contributed by atoms with van der Waals surface area (Å²) in [5.41, 5.74) is 3.05. The summed E-state index contributed by atoms with van der Waals surface area (Å²) in [5.74, 6) is -0.258. The van der Waals surface area contributed by atoms with Crippen molar-refractivity contribution in [3.8, 4) is 10.6 Å². The highest BCUT2D eigenvalue weighted by Crippen LogP contribution is 2.24. The number of carbonyl (C=O) groups excluding carboxylic acids is 1. The number of ether oxygens (including phenoxy) is 1. The average Bonchev–Trinajstić information content (AvgIpc) is 2.77. The highest BCUT2D eigenvalue weighted by Gasteiger charge is 2.08. The molecule has 1 aromatic heterocycles. The highest BCUT2D eigenvalue weighted by atomic mass is 32.1. The van der Waals surface area contributed by atoms with Crippen LogP contribution in [-0.2, 0) is 16.0 Å². The van der Waals surface area contributed by atoms with E-state index in [-0.39, 0.29) is 12.4 Å². The molecule has 0 fully saturated rings. The van der Waals surface area contributed by atoms with Gasteiger partial charge in [0.15, 0.2) is 0 Å². The molecule has 0 amide bonds. The minimum atomic E-state index is -0.258. The van der Waals surface area contributed by atoms with Crippen molar-refractivity contribution in [2.24, 2.45) is 0 Å². The lowest BCUT2D eigenvalue weighted by Crippen LogP contribution is -2.04. The molecule has 0 saturated carbocycles. The fourth-order valence-electron chi connectivity index (χ4n) is 1.52. The molecule has 0 unspecified atom stereocenters. The molecule has 3 nitrogen and oxygen atoms in total. The number of carbonyl (C=O) groups is 1. The fourth-order valence-corrected chi connectivity index (χ4v) is 2.34. The second-order valence-corrected chi connectivity index (χ2v) is 4.62. The van der Waals surface area contributed by atoms with Crippen LogP contribution >= 0.6 is 11.3 Å². The lowest BCUT2D eigenvalue weighted by molar-refractivity contribution is -0.139. The van der Waals surface area contributed by atoms with E-state index >= 15 is 0 Å². The summed E-state index contributed by atoms with van der Waals surface area (Å²) in [6.07, 6.45) is 0.235. The summed E-state index contributed by atoms with van der Waals surface area (Å²) in [7, 11) is 1.39. The quantitative estimate of drug-likeness (QED) is 0.783. The zero-order valence-corrected chi connectivity index (χ0v) is 10.6. The number of thiazole rings is 1. The number of hydrogen-bond acceptors (Lipinski definition) is 4. The maximum absolute atomic E-state index is 11.1. The Kier molecular flexibility index (Phi) is 3.54. The summed E-state index contributed by atoms with van der Waals surface area (Å²) in [5, 5.41) is 2.84. The van der Waals surface area contributed by atoms with E-state index in [9.17, 15) is 4.79 Å². The van der Waals surface area contributed by atoms with Crippen molar-refractivity contribution in [3.63, 3.8) is 0 Å². The summed E-state index contributed by atoms with van der Waals surface area (Å²) in [6, 6.07) is 8.16. The van der Waals surface area contributed by atoms with Crippen LogP contribution in [0.25, 0.3) is 10.6 Å². The van der Waals surface area contributed by atoms with E-state index in [0.29, 0.717) is 0 Å². The lowest BCUT2D eigenvalue weighted by Gasteiger charge is -1.97. The molecule has 0 aliphatic rings. The van der Waals surface area contributed by atoms with Gasteiger partial charge in [0.25, 0.3) is 0 Å². The zero-order valence-electron chi connectivity index (χ0n) is 9.77. The minimum absolute atomic E-state index is 0.235. The van der Waals surface area contributed by atoms with Crippen molar-refractivity contribution in [1.29, 1.82) is 0 Å². The Morgan fingerprint density at radius 1 is 1.47 bits per heavy atom. The minimum Gasteiger partial charge on any atom is -0.469 e. The van der Waals surface area contributed by atoms with E-state index in [1.54, 1.807) is 11.3 Å². The Balaban J connectivity index is 2.21. The Hall–Kier alpha value is -1.68. The molecular weight excluding hydrogens is 234 g/mol. The van der Waals surface area contributed by atoms with Gasteiger partial charge in [0.05, 0.1) is 19.2 Å².